The Balaban J connectivity index is 3.14. The molecule has 1 aromatic rings. The number of rotatable bonds is 8. The molecule has 0 radical (unpaired) electrons. The van der Waals surface area contributed by atoms with Crippen LogP contribution in [-0.2, 0) is 0 Å². The molecule has 1 rings (SSSR count). The van der Waals surface area contributed by atoms with E-state index < -0.39 is 0 Å². The van der Waals surface area contributed by atoms with Crippen molar-refractivity contribution in [2.45, 2.75) is 47.1 Å². The molecule has 0 aromatic carbocycles. The lowest BCUT2D eigenvalue weighted by molar-refractivity contribution is 0.559. The fourth-order valence-electron chi connectivity index (χ4n) is 1.91. The summed E-state index contributed by atoms with van der Waals surface area (Å²) in [7, 11) is 3.90. The fourth-order valence-corrected chi connectivity index (χ4v) is 1.91. The molecule has 1 N–H and O–H groups in total. The first-order chi connectivity index (χ1) is 9.85. The van der Waals surface area contributed by atoms with Gasteiger partial charge >= 0.3 is 0 Å². The Labute approximate surface area is 129 Å². The van der Waals surface area contributed by atoms with Gasteiger partial charge in [0.05, 0.1) is 0 Å². The molecule has 0 amide bonds. The van der Waals surface area contributed by atoms with E-state index in [4.69, 9.17) is 0 Å². The molecule has 0 aliphatic carbocycles. The molecule has 0 spiro atoms. The van der Waals surface area contributed by atoms with Crippen LogP contribution in [0.3, 0.4) is 0 Å². The summed E-state index contributed by atoms with van der Waals surface area (Å²) in [5, 5.41) is 3.26. The second-order valence-electron chi connectivity index (χ2n) is 6.22. The first kappa shape index (κ1) is 17.5. The molecule has 6 nitrogen and oxygen atoms in total. The predicted molar refractivity (Wildman–Crippen MR) is 90.3 cm³/mol. The minimum absolute atomic E-state index is 0.351. The number of nitrogens with zero attached hydrogens (tertiary/aromatic N) is 5. The Morgan fingerprint density at radius 3 is 2.10 bits per heavy atom. The molecule has 1 aromatic heterocycles. The van der Waals surface area contributed by atoms with E-state index in [-0.39, 0.29) is 0 Å². The topological polar surface area (TPSA) is 57.2 Å². The minimum atomic E-state index is 0.351. The highest BCUT2D eigenvalue weighted by molar-refractivity contribution is 5.45. The zero-order chi connectivity index (χ0) is 16.0. The van der Waals surface area contributed by atoms with Gasteiger partial charge in [-0.15, -0.1) is 0 Å². The van der Waals surface area contributed by atoms with Crippen molar-refractivity contribution < 1.29 is 0 Å². The van der Waals surface area contributed by atoms with Gasteiger partial charge in [0.1, 0.15) is 0 Å². The molecule has 1 heterocycles. The lowest BCUT2D eigenvalue weighted by Gasteiger charge is -2.29. The van der Waals surface area contributed by atoms with Crippen LogP contribution in [0.15, 0.2) is 0 Å². The lowest BCUT2D eigenvalue weighted by atomic mass is 10.2. The van der Waals surface area contributed by atoms with Crippen LogP contribution in [0.25, 0.3) is 0 Å². The molecule has 0 fully saturated rings. The van der Waals surface area contributed by atoms with Crippen LogP contribution in [0.5, 0.6) is 0 Å². The van der Waals surface area contributed by atoms with E-state index in [0.717, 1.165) is 25.5 Å². The molecule has 120 valence electrons. The van der Waals surface area contributed by atoms with E-state index in [9.17, 15) is 0 Å². The SMILES string of the molecule is CCCNc1nc(N(C)C)nc(N(CC(C)C)C(C)C)n1. The Bertz CT molecular complexity index is 430. The standard InChI is InChI=1S/C15H30N6/c1-8-9-16-13-17-14(20(6)7)19-15(18-13)21(12(4)5)10-11(2)3/h11-12H,8-10H2,1-7H3,(H,16,17,18,19). The van der Waals surface area contributed by atoms with Gasteiger partial charge in [0.25, 0.3) is 0 Å². The maximum absolute atomic E-state index is 4.61. The smallest absolute Gasteiger partial charge is 0.232 e. The molecular weight excluding hydrogens is 264 g/mol. The Morgan fingerprint density at radius 1 is 1.00 bits per heavy atom. The van der Waals surface area contributed by atoms with Crippen LogP contribution < -0.4 is 15.1 Å². The predicted octanol–water partition coefficient (Wildman–Crippen LogP) is 2.63. The summed E-state index contributed by atoms with van der Waals surface area (Å²) < 4.78 is 0. The second-order valence-corrected chi connectivity index (χ2v) is 6.22. The first-order valence-electron chi connectivity index (χ1n) is 7.79. The zero-order valence-corrected chi connectivity index (χ0v) is 14.5. The van der Waals surface area contributed by atoms with Crippen LogP contribution in [0.2, 0.25) is 0 Å². The third-order valence-corrected chi connectivity index (χ3v) is 2.99. The van der Waals surface area contributed by atoms with Gasteiger partial charge in [-0.05, 0) is 26.2 Å². The van der Waals surface area contributed by atoms with Gasteiger partial charge in [-0.1, -0.05) is 20.8 Å². The summed E-state index contributed by atoms with van der Waals surface area (Å²) >= 11 is 0. The van der Waals surface area contributed by atoms with Crippen molar-refractivity contribution in [2.75, 3.05) is 42.3 Å². The molecule has 21 heavy (non-hydrogen) atoms. The molecule has 0 unspecified atom stereocenters. The van der Waals surface area contributed by atoms with Crippen LogP contribution >= 0.6 is 0 Å². The van der Waals surface area contributed by atoms with Gasteiger partial charge in [-0.2, -0.15) is 15.0 Å². The van der Waals surface area contributed by atoms with Gasteiger partial charge in [-0.3, -0.25) is 0 Å². The maximum Gasteiger partial charge on any atom is 0.232 e. The normalized spacial score (nSPS) is 11.1. The van der Waals surface area contributed by atoms with Gasteiger partial charge < -0.3 is 15.1 Å². The summed E-state index contributed by atoms with van der Waals surface area (Å²) in [6, 6.07) is 0.351. The van der Waals surface area contributed by atoms with E-state index in [0.29, 0.717) is 23.9 Å². The van der Waals surface area contributed by atoms with Crippen molar-refractivity contribution in [3.8, 4) is 0 Å². The summed E-state index contributed by atoms with van der Waals surface area (Å²) in [6.07, 6.45) is 1.04. The number of hydrogen-bond donors (Lipinski definition) is 1. The maximum atomic E-state index is 4.61. The summed E-state index contributed by atoms with van der Waals surface area (Å²) in [5.41, 5.74) is 0. The first-order valence-corrected chi connectivity index (χ1v) is 7.79. The Morgan fingerprint density at radius 2 is 1.62 bits per heavy atom. The van der Waals surface area contributed by atoms with E-state index in [1.54, 1.807) is 0 Å². The number of nitrogens with one attached hydrogen (secondary N) is 1. The van der Waals surface area contributed by atoms with E-state index in [2.05, 4.69) is 59.8 Å². The molecule has 0 aliphatic heterocycles. The van der Waals surface area contributed by atoms with Crippen LogP contribution in [0, 0.1) is 5.92 Å². The number of aromatic nitrogens is 3. The van der Waals surface area contributed by atoms with Gasteiger partial charge in [-0.25, -0.2) is 0 Å². The number of anilines is 3. The van der Waals surface area contributed by atoms with Crippen molar-refractivity contribution in [2.24, 2.45) is 5.92 Å². The highest BCUT2D eigenvalue weighted by atomic mass is 15.4. The third-order valence-electron chi connectivity index (χ3n) is 2.99. The van der Waals surface area contributed by atoms with Crippen molar-refractivity contribution >= 4 is 17.8 Å². The summed E-state index contributed by atoms with van der Waals surface area (Å²) in [5.74, 6) is 2.64. The highest BCUT2D eigenvalue weighted by Crippen LogP contribution is 2.18. The van der Waals surface area contributed by atoms with Gasteiger partial charge in [0.2, 0.25) is 17.8 Å². The molecule has 0 saturated carbocycles. The molecular formula is C15H30N6. The molecule has 6 heteroatoms. The van der Waals surface area contributed by atoms with Crippen LogP contribution in [0.1, 0.15) is 41.0 Å². The summed E-state index contributed by atoms with van der Waals surface area (Å²) in [6.45, 7) is 12.7. The van der Waals surface area contributed by atoms with Crippen molar-refractivity contribution in [3.05, 3.63) is 0 Å². The van der Waals surface area contributed by atoms with Crippen molar-refractivity contribution in [1.82, 2.24) is 15.0 Å². The average Bonchev–Trinajstić information content (AvgIpc) is 2.41. The van der Waals surface area contributed by atoms with E-state index >= 15 is 0 Å². The van der Waals surface area contributed by atoms with E-state index in [1.165, 1.54) is 0 Å². The van der Waals surface area contributed by atoms with Crippen molar-refractivity contribution in [3.63, 3.8) is 0 Å². The Kier molecular flexibility index (Phi) is 6.65. The lowest BCUT2D eigenvalue weighted by Crippen LogP contribution is -2.36. The van der Waals surface area contributed by atoms with Gasteiger partial charge in [0.15, 0.2) is 0 Å². The van der Waals surface area contributed by atoms with E-state index in [1.807, 2.05) is 19.0 Å². The zero-order valence-electron chi connectivity index (χ0n) is 14.5. The molecule has 0 aliphatic rings. The van der Waals surface area contributed by atoms with Gasteiger partial charge in [0, 0.05) is 33.2 Å². The molecule has 0 saturated heterocycles. The molecule has 0 bridgehead atoms. The number of hydrogen-bond acceptors (Lipinski definition) is 6. The Hall–Kier alpha value is -1.59. The monoisotopic (exact) mass is 294 g/mol. The minimum Gasteiger partial charge on any atom is -0.354 e. The van der Waals surface area contributed by atoms with Crippen molar-refractivity contribution in [1.29, 1.82) is 0 Å². The fraction of sp³-hybridized carbons (Fsp3) is 0.800. The third kappa shape index (κ3) is 5.36. The van der Waals surface area contributed by atoms with Crippen LogP contribution in [0.4, 0.5) is 17.8 Å². The largest absolute Gasteiger partial charge is 0.354 e. The second kappa shape index (κ2) is 8.00. The summed E-state index contributed by atoms with van der Waals surface area (Å²) in [4.78, 5) is 17.8. The highest BCUT2D eigenvalue weighted by Gasteiger charge is 2.18. The quantitative estimate of drug-likeness (QED) is 0.795. The molecule has 0 atom stereocenters. The average molecular weight is 294 g/mol. The van der Waals surface area contributed by atoms with Crippen LogP contribution in [-0.4, -0.2) is 48.2 Å².